The van der Waals surface area contributed by atoms with E-state index in [-0.39, 0.29) is 12.0 Å². The van der Waals surface area contributed by atoms with Crippen molar-refractivity contribution in [2.75, 3.05) is 0 Å². The summed E-state index contributed by atoms with van der Waals surface area (Å²) in [6, 6.07) is 13.9. The van der Waals surface area contributed by atoms with Gasteiger partial charge in [0.05, 0.1) is 6.61 Å². The van der Waals surface area contributed by atoms with E-state index >= 15 is 0 Å². The summed E-state index contributed by atoms with van der Waals surface area (Å²) in [5.74, 6) is 1.51. The Balaban J connectivity index is 2.31. The first-order chi connectivity index (χ1) is 9.40. The molecule has 2 aromatic carbocycles. The fourth-order valence-corrected chi connectivity index (χ4v) is 2.08. The molecule has 0 aliphatic rings. The van der Waals surface area contributed by atoms with Crippen LogP contribution >= 0.6 is 0 Å². The van der Waals surface area contributed by atoms with Crippen LogP contribution < -0.4 is 4.74 Å². The van der Waals surface area contributed by atoms with E-state index in [2.05, 4.69) is 32.9 Å². The predicted octanol–water partition coefficient (Wildman–Crippen LogP) is 4.58. The molecule has 0 amide bonds. The summed E-state index contributed by atoms with van der Waals surface area (Å²) in [5.41, 5.74) is 3.25. The van der Waals surface area contributed by atoms with Gasteiger partial charge >= 0.3 is 0 Å². The minimum atomic E-state index is -0.0179. The van der Waals surface area contributed by atoms with Crippen LogP contribution in [0.4, 0.5) is 0 Å². The van der Waals surface area contributed by atoms with Crippen molar-refractivity contribution in [3.63, 3.8) is 0 Å². The maximum Gasteiger partial charge on any atom is 0.132 e. The lowest BCUT2D eigenvalue weighted by molar-refractivity contribution is 0.276. The number of ether oxygens (including phenoxy) is 1. The number of aliphatic hydroxyl groups is 1. The van der Waals surface area contributed by atoms with Crippen LogP contribution in [0, 0.1) is 6.92 Å². The van der Waals surface area contributed by atoms with Crippen molar-refractivity contribution in [3.8, 4) is 11.5 Å². The molecule has 0 atom stereocenters. The van der Waals surface area contributed by atoms with Crippen molar-refractivity contribution in [1.82, 2.24) is 0 Å². The molecule has 2 aromatic rings. The van der Waals surface area contributed by atoms with Crippen LogP contribution in [-0.4, -0.2) is 5.11 Å². The Labute approximate surface area is 121 Å². The zero-order valence-corrected chi connectivity index (χ0v) is 12.6. The molecule has 0 bridgehead atoms. The highest BCUT2D eigenvalue weighted by molar-refractivity contribution is 5.41. The van der Waals surface area contributed by atoms with E-state index in [0.717, 1.165) is 16.9 Å². The third-order valence-corrected chi connectivity index (χ3v) is 3.31. The van der Waals surface area contributed by atoms with Crippen LogP contribution in [0.5, 0.6) is 11.5 Å². The largest absolute Gasteiger partial charge is 0.457 e. The summed E-state index contributed by atoms with van der Waals surface area (Å²) >= 11 is 0. The topological polar surface area (TPSA) is 29.5 Å². The quantitative estimate of drug-likeness (QED) is 0.884. The van der Waals surface area contributed by atoms with E-state index in [1.54, 1.807) is 0 Å². The van der Waals surface area contributed by atoms with E-state index in [1.807, 2.05) is 37.3 Å². The van der Waals surface area contributed by atoms with E-state index in [1.165, 1.54) is 5.56 Å². The summed E-state index contributed by atoms with van der Waals surface area (Å²) in [6.45, 7) is 8.52. The van der Waals surface area contributed by atoms with E-state index in [9.17, 15) is 5.11 Å². The fourth-order valence-electron chi connectivity index (χ4n) is 2.08. The molecule has 0 aromatic heterocycles. The summed E-state index contributed by atoms with van der Waals surface area (Å²) < 4.78 is 5.93. The molecule has 2 nitrogen and oxygen atoms in total. The lowest BCUT2D eigenvalue weighted by atomic mass is 9.87. The van der Waals surface area contributed by atoms with Crippen LogP contribution in [0.1, 0.15) is 37.5 Å². The summed E-state index contributed by atoms with van der Waals surface area (Å²) in [5, 5.41) is 9.42. The molecule has 2 heteroatoms. The monoisotopic (exact) mass is 270 g/mol. The number of aliphatic hydroxyl groups excluding tert-OH is 1. The Hall–Kier alpha value is -1.80. The number of hydrogen-bond donors (Lipinski definition) is 1. The minimum Gasteiger partial charge on any atom is -0.457 e. The van der Waals surface area contributed by atoms with Crippen molar-refractivity contribution < 1.29 is 9.84 Å². The molecule has 20 heavy (non-hydrogen) atoms. The van der Waals surface area contributed by atoms with Gasteiger partial charge in [0.25, 0.3) is 0 Å². The van der Waals surface area contributed by atoms with Crippen molar-refractivity contribution in [3.05, 3.63) is 59.2 Å². The van der Waals surface area contributed by atoms with E-state index in [4.69, 9.17) is 4.74 Å². The van der Waals surface area contributed by atoms with E-state index in [0.29, 0.717) is 5.75 Å². The standard InChI is InChI=1S/C18H22O2/c1-13-8-9-17(14(10-13)12-19)20-16-7-5-6-15(11-16)18(2,3)4/h5-11,19H,12H2,1-4H3. The first-order valence-electron chi connectivity index (χ1n) is 6.89. The van der Waals surface area contributed by atoms with Crippen molar-refractivity contribution in [2.45, 2.75) is 39.7 Å². The third kappa shape index (κ3) is 3.40. The maximum atomic E-state index is 9.42. The van der Waals surface area contributed by atoms with E-state index < -0.39 is 0 Å². The predicted molar refractivity (Wildman–Crippen MR) is 82.3 cm³/mol. The van der Waals surface area contributed by atoms with Gasteiger partial charge in [-0.05, 0) is 36.1 Å². The summed E-state index contributed by atoms with van der Waals surface area (Å²) in [7, 11) is 0. The van der Waals surface area contributed by atoms with Crippen LogP contribution in [-0.2, 0) is 12.0 Å². The maximum absolute atomic E-state index is 9.42. The van der Waals surface area contributed by atoms with Crippen molar-refractivity contribution in [2.24, 2.45) is 0 Å². The highest BCUT2D eigenvalue weighted by Gasteiger charge is 2.14. The number of hydrogen-bond acceptors (Lipinski definition) is 2. The molecular formula is C18H22O2. The molecule has 0 aliphatic carbocycles. The Morgan fingerprint density at radius 1 is 1.05 bits per heavy atom. The smallest absolute Gasteiger partial charge is 0.132 e. The second kappa shape index (κ2) is 5.68. The molecule has 0 radical (unpaired) electrons. The lowest BCUT2D eigenvalue weighted by Gasteiger charge is -2.20. The molecule has 0 aliphatic heterocycles. The van der Waals surface area contributed by atoms with Gasteiger partial charge in [-0.15, -0.1) is 0 Å². The van der Waals surface area contributed by atoms with Crippen LogP contribution in [0.2, 0.25) is 0 Å². The molecule has 0 saturated heterocycles. The highest BCUT2D eigenvalue weighted by Crippen LogP contribution is 2.30. The zero-order valence-electron chi connectivity index (χ0n) is 12.6. The van der Waals surface area contributed by atoms with Crippen LogP contribution in [0.15, 0.2) is 42.5 Å². The average molecular weight is 270 g/mol. The molecule has 1 N–H and O–H groups in total. The van der Waals surface area contributed by atoms with Gasteiger partial charge in [-0.2, -0.15) is 0 Å². The van der Waals surface area contributed by atoms with Crippen molar-refractivity contribution >= 4 is 0 Å². The van der Waals surface area contributed by atoms with Crippen LogP contribution in [0.3, 0.4) is 0 Å². The first kappa shape index (κ1) is 14.6. The van der Waals surface area contributed by atoms with Gasteiger partial charge in [-0.25, -0.2) is 0 Å². The van der Waals surface area contributed by atoms with Gasteiger partial charge in [0, 0.05) is 5.56 Å². The normalized spacial score (nSPS) is 11.4. The SMILES string of the molecule is Cc1ccc(Oc2cccc(C(C)(C)C)c2)c(CO)c1. The Bertz CT molecular complexity index is 595. The molecule has 2 rings (SSSR count). The Morgan fingerprint density at radius 2 is 1.80 bits per heavy atom. The van der Waals surface area contributed by atoms with Gasteiger partial charge in [0.15, 0.2) is 0 Å². The third-order valence-electron chi connectivity index (χ3n) is 3.31. The minimum absolute atomic E-state index is 0.0179. The molecule has 0 saturated carbocycles. The Kier molecular flexibility index (Phi) is 4.15. The lowest BCUT2D eigenvalue weighted by Crippen LogP contribution is -2.10. The molecule has 0 heterocycles. The van der Waals surface area contributed by atoms with Gasteiger partial charge in [0.1, 0.15) is 11.5 Å². The number of rotatable bonds is 3. The molecule has 0 unspecified atom stereocenters. The molecule has 106 valence electrons. The first-order valence-corrected chi connectivity index (χ1v) is 6.89. The summed E-state index contributed by atoms with van der Waals surface area (Å²) in [4.78, 5) is 0. The molecule has 0 fully saturated rings. The van der Waals surface area contributed by atoms with Crippen molar-refractivity contribution in [1.29, 1.82) is 0 Å². The summed E-state index contributed by atoms with van der Waals surface area (Å²) in [6.07, 6.45) is 0. The van der Waals surface area contributed by atoms with Gasteiger partial charge < -0.3 is 9.84 Å². The second-order valence-electron chi connectivity index (χ2n) is 6.15. The van der Waals surface area contributed by atoms with Crippen LogP contribution in [0.25, 0.3) is 0 Å². The average Bonchev–Trinajstić information content (AvgIpc) is 2.40. The number of aryl methyl sites for hydroxylation is 1. The fraction of sp³-hybridized carbons (Fsp3) is 0.333. The van der Waals surface area contributed by atoms with Gasteiger partial charge in [-0.3, -0.25) is 0 Å². The van der Waals surface area contributed by atoms with Gasteiger partial charge in [-0.1, -0.05) is 50.6 Å². The zero-order chi connectivity index (χ0) is 14.8. The second-order valence-corrected chi connectivity index (χ2v) is 6.15. The Morgan fingerprint density at radius 3 is 2.45 bits per heavy atom. The van der Waals surface area contributed by atoms with Gasteiger partial charge in [0.2, 0.25) is 0 Å². The highest BCUT2D eigenvalue weighted by atomic mass is 16.5. The molecule has 0 spiro atoms. The number of benzene rings is 2. The molecular weight excluding hydrogens is 248 g/mol.